The minimum atomic E-state index is -0.440. The third-order valence-corrected chi connectivity index (χ3v) is 6.28. The van der Waals surface area contributed by atoms with Crippen LogP contribution in [0.5, 0.6) is 11.6 Å². The topological polar surface area (TPSA) is 84.4 Å². The van der Waals surface area contributed by atoms with E-state index in [4.69, 9.17) is 21.1 Å². The molecule has 0 radical (unpaired) electrons. The molecule has 38 heavy (non-hydrogen) atoms. The summed E-state index contributed by atoms with van der Waals surface area (Å²) in [6.45, 7) is 6.10. The molecule has 10 heteroatoms. The van der Waals surface area contributed by atoms with Crippen LogP contribution >= 0.6 is 11.6 Å². The minimum absolute atomic E-state index is 0.255. The van der Waals surface area contributed by atoms with Crippen molar-refractivity contribution in [1.29, 1.82) is 0 Å². The normalized spacial score (nSPS) is 11.2. The summed E-state index contributed by atoms with van der Waals surface area (Å²) in [4.78, 5) is 6.79. The van der Waals surface area contributed by atoms with E-state index in [9.17, 15) is 4.39 Å². The maximum absolute atomic E-state index is 14.7. The van der Waals surface area contributed by atoms with Gasteiger partial charge in [-0.25, -0.2) is 4.39 Å². The average Bonchev–Trinajstić information content (AvgIpc) is 2.93. The number of hydrogen-bond donors (Lipinski definition) is 2. The van der Waals surface area contributed by atoms with Crippen molar-refractivity contribution in [1.82, 2.24) is 25.4 Å². The number of nitrogens with zero attached hydrogens (tertiary/aromatic N) is 4. The first-order valence-electron chi connectivity index (χ1n) is 12.5. The van der Waals surface area contributed by atoms with E-state index in [1.807, 2.05) is 31.3 Å². The number of likely N-dealkylation sites (N-methyl/N-ethyl adjacent to an activating group) is 1. The molecule has 4 aromatic rings. The van der Waals surface area contributed by atoms with Crippen LogP contribution in [0.15, 0.2) is 54.7 Å². The van der Waals surface area contributed by atoms with Crippen LogP contribution in [0, 0.1) is 5.82 Å². The van der Waals surface area contributed by atoms with Crippen LogP contribution in [0.2, 0.25) is 5.02 Å². The lowest BCUT2D eigenvalue weighted by Gasteiger charge is -2.22. The van der Waals surface area contributed by atoms with E-state index in [0.717, 1.165) is 49.2 Å². The van der Waals surface area contributed by atoms with E-state index in [-0.39, 0.29) is 5.56 Å². The van der Waals surface area contributed by atoms with Crippen LogP contribution in [0.3, 0.4) is 0 Å². The van der Waals surface area contributed by atoms with E-state index < -0.39 is 5.82 Å². The molecule has 0 bridgehead atoms. The Kier molecular flexibility index (Phi) is 9.64. The zero-order valence-corrected chi connectivity index (χ0v) is 22.6. The van der Waals surface area contributed by atoms with Crippen molar-refractivity contribution in [2.24, 2.45) is 0 Å². The van der Waals surface area contributed by atoms with Crippen molar-refractivity contribution < 1.29 is 13.9 Å². The van der Waals surface area contributed by atoms with Crippen molar-refractivity contribution in [2.75, 3.05) is 52.3 Å². The van der Waals surface area contributed by atoms with E-state index in [0.29, 0.717) is 34.6 Å². The number of benzene rings is 2. The molecule has 0 saturated heterocycles. The van der Waals surface area contributed by atoms with Crippen molar-refractivity contribution in [2.45, 2.75) is 13.3 Å². The van der Waals surface area contributed by atoms with Crippen molar-refractivity contribution in [3.63, 3.8) is 0 Å². The highest BCUT2D eigenvalue weighted by atomic mass is 35.5. The molecule has 0 atom stereocenters. The third-order valence-electron chi connectivity index (χ3n) is 6.05. The van der Waals surface area contributed by atoms with Gasteiger partial charge in [-0.2, -0.15) is 0 Å². The summed E-state index contributed by atoms with van der Waals surface area (Å²) in [5.74, 6) is 0.592. The fourth-order valence-corrected chi connectivity index (χ4v) is 4.28. The quantitative estimate of drug-likeness (QED) is 0.229. The Labute approximate surface area is 227 Å². The number of pyridine rings is 1. The molecule has 2 aromatic heterocycles. The molecular weight excluding hydrogens is 507 g/mol. The maximum Gasteiger partial charge on any atom is 0.257 e. The van der Waals surface area contributed by atoms with Crippen LogP contribution in [0.4, 0.5) is 15.8 Å². The van der Waals surface area contributed by atoms with Crippen LogP contribution in [-0.2, 0) is 0 Å². The second-order valence-corrected chi connectivity index (χ2v) is 9.17. The van der Waals surface area contributed by atoms with Crippen molar-refractivity contribution in [3.8, 4) is 22.9 Å². The summed E-state index contributed by atoms with van der Waals surface area (Å²) in [5, 5.41) is 16.5. The average molecular weight is 539 g/mol. The van der Waals surface area contributed by atoms with Crippen molar-refractivity contribution in [3.05, 3.63) is 65.6 Å². The largest absolute Gasteiger partial charge is 0.497 e. The predicted octanol–water partition coefficient (Wildman–Crippen LogP) is 5.55. The zero-order valence-electron chi connectivity index (χ0n) is 21.8. The molecular formula is C28H32ClFN6O2. The second kappa shape index (κ2) is 13.3. The van der Waals surface area contributed by atoms with Crippen LogP contribution in [0.1, 0.15) is 13.3 Å². The smallest absolute Gasteiger partial charge is 0.257 e. The summed E-state index contributed by atoms with van der Waals surface area (Å²) in [5.41, 5.74) is 2.69. The molecule has 8 nitrogen and oxygen atoms in total. The Morgan fingerprint density at radius 3 is 2.66 bits per heavy atom. The fraction of sp³-hybridized carbons (Fsp3) is 0.321. The molecule has 0 aliphatic rings. The minimum Gasteiger partial charge on any atom is -0.497 e. The molecule has 0 fully saturated rings. The third kappa shape index (κ3) is 6.86. The highest BCUT2D eigenvalue weighted by molar-refractivity contribution is 6.30. The summed E-state index contributed by atoms with van der Waals surface area (Å²) < 4.78 is 26.1. The summed E-state index contributed by atoms with van der Waals surface area (Å²) in [6.07, 6.45) is 2.76. The van der Waals surface area contributed by atoms with Crippen LogP contribution in [0.25, 0.3) is 22.2 Å². The van der Waals surface area contributed by atoms with Crippen LogP contribution in [-0.4, -0.2) is 67.0 Å². The summed E-state index contributed by atoms with van der Waals surface area (Å²) >= 11 is 6.14. The number of anilines is 2. The molecule has 200 valence electrons. The standard InChI is InChI=1S/C28H32ClFN6O2/c1-4-12-36(13-11-31-2)14-15-38-28-27(18-26(34-35-28)22-16-19(29)5-8-23(22)30)33-24-9-10-32-25-17-20(37-3)6-7-21(24)25/h5-10,16-18,31H,4,11-15H2,1-3H3,(H,32,33,34). The van der Waals surface area contributed by atoms with Gasteiger partial charge in [-0.3, -0.25) is 9.88 Å². The molecule has 2 heterocycles. The number of ether oxygens (including phenoxy) is 2. The number of fused-ring (bicyclic) bond motifs is 1. The first-order valence-corrected chi connectivity index (χ1v) is 12.9. The number of aromatic nitrogens is 3. The van der Waals surface area contributed by atoms with Gasteiger partial charge >= 0.3 is 0 Å². The van der Waals surface area contributed by atoms with Gasteiger partial charge in [-0.15, -0.1) is 10.2 Å². The number of nitrogens with one attached hydrogen (secondary N) is 2. The van der Waals surface area contributed by atoms with Gasteiger partial charge in [0.05, 0.1) is 18.3 Å². The molecule has 0 aliphatic carbocycles. The molecule has 2 N–H and O–H groups in total. The van der Waals surface area contributed by atoms with Gasteiger partial charge in [-0.1, -0.05) is 18.5 Å². The zero-order chi connectivity index (χ0) is 26.9. The van der Waals surface area contributed by atoms with Crippen molar-refractivity contribution >= 4 is 33.9 Å². The van der Waals surface area contributed by atoms with E-state index in [1.165, 1.54) is 18.2 Å². The molecule has 0 spiro atoms. The number of rotatable bonds is 13. The maximum atomic E-state index is 14.7. The van der Waals surface area contributed by atoms with E-state index in [1.54, 1.807) is 19.4 Å². The Hall–Kier alpha value is -3.53. The summed E-state index contributed by atoms with van der Waals surface area (Å²) in [7, 11) is 3.56. The Bertz CT molecular complexity index is 1370. The lowest BCUT2D eigenvalue weighted by atomic mass is 10.1. The van der Waals surface area contributed by atoms with Gasteiger partial charge in [0.15, 0.2) is 0 Å². The molecule has 2 aromatic carbocycles. The molecule has 4 rings (SSSR count). The van der Waals surface area contributed by atoms with Gasteiger partial charge in [-0.05, 0) is 62.5 Å². The van der Waals surface area contributed by atoms with Gasteiger partial charge in [0, 0.05) is 53.6 Å². The Morgan fingerprint density at radius 2 is 1.87 bits per heavy atom. The van der Waals surface area contributed by atoms with E-state index >= 15 is 0 Å². The Balaban J connectivity index is 1.66. The molecule has 0 aliphatic heterocycles. The van der Waals surface area contributed by atoms with Gasteiger partial charge < -0.3 is 20.1 Å². The van der Waals surface area contributed by atoms with Gasteiger partial charge in [0.25, 0.3) is 5.88 Å². The predicted molar refractivity (Wildman–Crippen MR) is 150 cm³/mol. The lowest BCUT2D eigenvalue weighted by Crippen LogP contribution is -2.34. The van der Waals surface area contributed by atoms with Gasteiger partial charge in [0.2, 0.25) is 0 Å². The highest BCUT2D eigenvalue weighted by Gasteiger charge is 2.16. The molecule has 0 amide bonds. The highest BCUT2D eigenvalue weighted by Crippen LogP contribution is 2.34. The first kappa shape index (κ1) is 27.5. The van der Waals surface area contributed by atoms with E-state index in [2.05, 4.69) is 37.6 Å². The first-order chi connectivity index (χ1) is 18.5. The van der Waals surface area contributed by atoms with Crippen LogP contribution < -0.4 is 20.1 Å². The monoisotopic (exact) mass is 538 g/mol. The lowest BCUT2D eigenvalue weighted by molar-refractivity contribution is 0.205. The van der Waals surface area contributed by atoms with Gasteiger partial charge in [0.1, 0.15) is 23.9 Å². The Morgan fingerprint density at radius 1 is 1.00 bits per heavy atom. The number of halogens is 2. The fourth-order valence-electron chi connectivity index (χ4n) is 4.10. The SMILES string of the molecule is CCCN(CCNC)CCOc1nnc(-c2cc(Cl)ccc2F)cc1Nc1ccnc2cc(OC)ccc12. The number of methoxy groups -OCH3 is 1. The molecule has 0 saturated carbocycles. The second-order valence-electron chi connectivity index (χ2n) is 8.73. The molecule has 0 unspecified atom stereocenters. The summed E-state index contributed by atoms with van der Waals surface area (Å²) in [6, 6.07) is 13.6. The number of hydrogen-bond acceptors (Lipinski definition) is 8.